The van der Waals surface area contributed by atoms with Crippen molar-refractivity contribution in [2.24, 2.45) is 7.05 Å². The second-order valence-electron chi connectivity index (χ2n) is 8.87. The SMILES string of the molecule is CCC(NC(=O)c1cc2cc(-n3c(-c4cc(C(C)C)c(O)cc4O)n[nH]c3=O)ccc2n1C)C(=O)O. The number of aromatic hydroxyl groups is 2. The number of rotatable bonds is 7. The predicted octanol–water partition coefficient (Wildman–Crippen LogP) is 2.85. The molecule has 188 valence electrons. The van der Waals surface area contributed by atoms with Crippen LogP contribution < -0.4 is 11.0 Å². The molecule has 1 atom stereocenters. The van der Waals surface area contributed by atoms with Gasteiger partial charge in [-0.25, -0.2) is 19.3 Å². The van der Waals surface area contributed by atoms with Crippen molar-refractivity contribution in [3.8, 4) is 28.6 Å². The number of aromatic nitrogens is 4. The Hall–Kier alpha value is -4.54. The summed E-state index contributed by atoms with van der Waals surface area (Å²) in [6.45, 7) is 5.45. The Bertz CT molecular complexity index is 1540. The second kappa shape index (κ2) is 9.25. The highest BCUT2D eigenvalue weighted by molar-refractivity contribution is 6.00. The van der Waals surface area contributed by atoms with Crippen LogP contribution in [0.4, 0.5) is 0 Å². The summed E-state index contributed by atoms with van der Waals surface area (Å²) in [4.78, 5) is 36.8. The van der Waals surface area contributed by atoms with E-state index in [1.165, 1.54) is 10.6 Å². The molecular formula is C25H27N5O6. The molecule has 0 radical (unpaired) electrons. The summed E-state index contributed by atoms with van der Waals surface area (Å²) in [5.74, 6) is -1.82. The van der Waals surface area contributed by atoms with Crippen molar-refractivity contribution in [1.29, 1.82) is 0 Å². The number of carbonyl (C=O) groups is 2. The number of aryl methyl sites for hydroxylation is 1. The van der Waals surface area contributed by atoms with E-state index >= 15 is 0 Å². The number of phenolic OH excluding ortho intramolecular Hbond substituents is 2. The van der Waals surface area contributed by atoms with Crippen LogP contribution in [0.5, 0.6) is 11.5 Å². The van der Waals surface area contributed by atoms with Gasteiger partial charge < -0.3 is 25.2 Å². The van der Waals surface area contributed by atoms with Crippen LogP contribution in [0.3, 0.4) is 0 Å². The minimum Gasteiger partial charge on any atom is -0.508 e. The Morgan fingerprint density at radius 2 is 1.83 bits per heavy atom. The molecule has 4 aromatic rings. The lowest BCUT2D eigenvalue weighted by molar-refractivity contribution is -0.139. The minimum absolute atomic E-state index is 0.0397. The van der Waals surface area contributed by atoms with E-state index in [2.05, 4.69) is 15.5 Å². The van der Waals surface area contributed by atoms with Crippen molar-refractivity contribution in [3.05, 3.63) is 58.1 Å². The van der Waals surface area contributed by atoms with E-state index in [9.17, 15) is 29.7 Å². The van der Waals surface area contributed by atoms with Gasteiger partial charge >= 0.3 is 11.7 Å². The molecule has 0 spiro atoms. The van der Waals surface area contributed by atoms with Crippen molar-refractivity contribution >= 4 is 22.8 Å². The van der Waals surface area contributed by atoms with E-state index < -0.39 is 23.6 Å². The molecule has 0 aliphatic carbocycles. The highest BCUT2D eigenvalue weighted by Gasteiger charge is 2.23. The van der Waals surface area contributed by atoms with Crippen molar-refractivity contribution in [2.75, 3.05) is 0 Å². The molecule has 0 saturated heterocycles. The van der Waals surface area contributed by atoms with Crippen LogP contribution in [-0.4, -0.2) is 52.6 Å². The average Bonchev–Trinajstić information content (AvgIpc) is 3.36. The molecule has 5 N–H and O–H groups in total. The van der Waals surface area contributed by atoms with Gasteiger partial charge in [-0.1, -0.05) is 20.8 Å². The number of aliphatic carboxylic acids is 1. The lowest BCUT2D eigenvalue weighted by Gasteiger charge is -2.13. The first kappa shape index (κ1) is 24.6. The van der Waals surface area contributed by atoms with E-state index in [-0.39, 0.29) is 40.9 Å². The summed E-state index contributed by atoms with van der Waals surface area (Å²) in [6, 6.07) is 8.53. The highest BCUT2D eigenvalue weighted by atomic mass is 16.4. The maximum Gasteiger partial charge on any atom is 0.348 e. The maximum atomic E-state index is 12.8. The van der Waals surface area contributed by atoms with Crippen molar-refractivity contribution < 1.29 is 24.9 Å². The molecule has 36 heavy (non-hydrogen) atoms. The molecular weight excluding hydrogens is 466 g/mol. The summed E-state index contributed by atoms with van der Waals surface area (Å²) >= 11 is 0. The highest BCUT2D eigenvalue weighted by Crippen LogP contribution is 2.37. The summed E-state index contributed by atoms with van der Waals surface area (Å²) < 4.78 is 2.93. The number of aromatic amines is 1. The van der Waals surface area contributed by atoms with Crippen LogP contribution in [0.1, 0.15) is 49.2 Å². The van der Waals surface area contributed by atoms with E-state index in [1.807, 2.05) is 13.8 Å². The molecule has 0 saturated carbocycles. The number of carbonyl (C=O) groups excluding carboxylic acids is 1. The Morgan fingerprint density at radius 1 is 1.11 bits per heavy atom. The number of H-pyrrole nitrogens is 1. The summed E-state index contributed by atoms with van der Waals surface area (Å²) in [5.41, 5.74) is 1.71. The first-order valence-electron chi connectivity index (χ1n) is 11.4. The lowest BCUT2D eigenvalue weighted by Crippen LogP contribution is -2.40. The smallest absolute Gasteiger partial charge is 0.348 e. The Balaban J connectivity index is 1.80. The first-order chi connectivity index (χ1) is 17.0. The monoisotopic (exact) mass is 493 g/mol. The maximum absolute atomic E-state index is 12.8. The minimum atomic E-state index is -1.11. The zero-order chi connectivity index (χ0) is 26.3. The third-order valence-electron chi connectivity index (χ3n) is 6.21. The van der Waals surface area contributed by atoms with Gasteiger partial charge in [-0.3, -0.25) is 4.79 Å². The fourth-order valence-corrected chi connectivity index (χ4v) is 4.22. The van der Waals surface area contributed by atoms with E-state index in [0.29, 0.717) is 22.2 Å². The zero-order valence-corrected chi connectivity index (χ0v) is 20.2. The van der Waals surface area contributed by atoms with Gasteiger partial charge in [0.25, 0.3) is 5.91 Å². The molecule has 1 amide bonds. The van der Waals surface area contributed by atoms with Gasteiger partial charge in [-0.05, 0) is 48.2 Å². The molecule has 0 aliphatic rings. The van der Waals surface area contributed by atoms with Crippen LogP contribution in [0.25, 0.3) is 28.0 Å². The number of nitrogens with zero attached hydrogens (tertiary/aromatic N) is 3. The predicted molar refractivity (Wildman–Crippen MR) is 133 cm³/mol. The number of carboxylic acids is 1. The Labute approximate surface area is 205 Å². The molecule has 0 fully saturated rings. The van der Waals surface area contributed by atoms with Gasteiger partial charge in [-0.15, -0.1) is 0 Å². The fraction of sp³-hybridized carbons (Fsp3) is 0.280. The number of nitrogens with one attached hydrogen (secondary N) is 2. The number of amides is 1. The van der Waals surface area contributed by atoms with Crippen molar-refractivity contribution in [1.82, 2.24) is 24.6 Å². The standard InChI is InChI=1S/C25H27N5O6/c1-5-17(24(34)35)26-23(33)19-9-13-8-14(6-7-18(13)29(19)4)30-22(27-28-25(30)36)16-10-15(12(2)3)20(31)11-21(16)32/h6-12,17,31-32H,5H2,1-4H3,(H,26,33)(H,28,36)(H,34,35). The molecule has 2 aromatic heterocycles. The third kappa shape index (κ3) is 4.19. The van der Waals surface area contributed by atoms with Crippen LogP contribution in [0.15, 0.2) is 41.2 Å². The number of hydrogen-bond donors (Lipinski definition) is 5. The van der Waals surface area contributed by atoms with Gasteiger partial charge in [0.1, 0.15) is 23.2 Å². The van der Waals surface area contributed by atoms with Gasteiger partial charge in [0.15, 0.2) is 5.82 Å². The number of fused-ring (bicyclic) bond motifs is 1. The van der Waals surface area contributed by atoms with Gasteiger partial charge in [0.05, 0.1) is 11.3 Å². The normalized spacial score (nSPS) is 12.2. The first-order valence-corrected chi connectivity index (χ1v) is 11.4. The van der Waals surface area contributed by atoms with Crippen LogP contribution >= 0.6 is 0 Å². The van der Waals surface area contributed by atoms with E-state index in [0.717, 1.165) is 0 Å². The third-order valence-corrected chi connectivity index (χ3v) is 6.21. The quantitative estimate of drug-likeness (QED) is 0.264. The van der Waals surface area contributed by atoms with Gasteiger partial charge in [0.2, 0.25) is 0 Å². The van der Waals surface area contributed by atoms with Crippen molar-refractivity contribution in [3.63, 3.8) is 0 Å². The molecule has 2 heterocycles. The van der Waals surface area contributed by atoms with Crippen LogP contribution in [0, 0.1) is 0 Å². The Morgan fingerprint density at radius 3 is 2.47 bits per heavy atom. The van der Waals surface area contributed by atoms with Gasteiger partial charge in [-0.2, -0.15) is 5.10 Å². The zero-order valence-electron chi connectivity index (χ0n) is 20.2. The average molecular weight is 494 g/mol. The number of carboxylic acid groups (broad SMARTS) is 1. The van der Waals surface area contributed by atoms with Crippen molar-refractivity contribution in [2.45, 2.75) is 39.2 Å². The molecule has 1 unspecified atom stereocenters. The molecule has 0 bridgehead atoms. The van der Waals surface area contributed by atoms with Gasteiger partial charge in [0, 0.05) is 24.0 Å². The molecule has 11 nitrogen and oxygen atoms in total. The topological polar surface area (TPSA) is 162 Å². The number of phenols is 2. The molecule has 4 rings (SSSR count). The molecule has 11 heteroatoms. The van der Waals surface area contributed by atoms with E-state index in [1.54, 1.807) is 48.9 Å². The second-order valence-corrected chi connectivity index (χ2v) is 8.87. The number of hydrogen-bond acceptors (Lipinski definition) is 6. The van der Waals surface area contributed by atoms with E-state index in [4.69, 9.17) is 0 Å². The fourth-order valence-electron chi connectivity index (χ4n) is 4.22. The van der Waals surface area contributed by atoms with Crippen LogP contribution in [-0.2, 0) is 11.8 Å². The number of benzene rings is 2. The van der Waals surface area contributed by atoms with Crippen LogP contribution in [0.2, 0.25) is 0 Å². The lowest BCUT2D eigenvalue weighted by atomic mass is 9.98. The summed E-state index contributed by atoms with van der Waals surface area (Å²) in [6.07, 6.45) is 0.240. The largest absolute Gasteiger partial charge is 0.508 e. The Kier molecular flexibility index (Phi) is 6.32. The summed E-state index contributed by atoms with van der Waals surface area (Å²) in [5, 5.41) is 39.6. The molecule has 0 aliphatic heterocycles. The molecule has 2 aromatic carbocycles. The summed E-state index contributed by atoms with van der Waals surface area (Å²) in [7, 11) is 1.69.